The van der Waals surface area contributed by atoms with Crippen LogP contribution in [0.3, 0.4) is 0 Å². The van der Waals surface area contributed by atoms with Crippen molar-refractivity contribution >= 4 is 17.8 Å². The second-order valence-electron chi connectivity index (χ2n) is 5.44. The zero-order valence-electron chi connectivity index (χ0n) is 14.2. The number of rotatable bonds is 7. The molecule has 0 aromatic heterocycles. The first-order valence-electron chi connectivity index (χ1n) is 7.69. The van der Waals surface area contributed by atoms with E-state index in [1.54, 1.807) is 0 Å². The Balaban J connectivity index is 2.20. The molecule has 142 valence electrons. The highest BCUT2D eigenvalue weighted by Crippen LogP contribution is 2.30. The number of primary amides is 1. The summed E-state index contributed by atoms with van der Waals surface area (Å²) in [6.07, 6.45) is -2.02. The Morgan fingerprint density at radius 2 is 1.89 bits per heavy atom. The van der Waals surface area contributed by atoms with Crippen molar-refractivity contribution in [1.82, 2.24) is 0 Å². The third kappa shape index (κ3) is 5.60. The Kier molecular flexibility index (Phi) is 6.23. The molecule has 0 aliphatic heterocycles. The predicted molar refractivity (Wildman–Crippen MR) is 92.5 cm³/mol. The van der Waals surface area contributed by atoms with E-state index >= 15 is 0 Å². The summed E-state index contributed by atoms with van der Waals surface area (Å²) in [5.74, 6) is -0.649. The molecule has 0 heterocycles. The molecule has 0 unspecified atom stereocenters. The Labute approximate surface area is 153 Å². The van der Waals surface area contributed by atoms with Crippen LogP contribution >= 0.6 is 0 Å². The van der Waals surface area contributed by atoms with Crippen molar-refractivity contribution in [3.63, 3.8) is 0 Å². The van der Waals surface area contributed by atoms with E-state index in [1.807, 2.05) is 0 Å². The lowest BCUT2D eigenvalue weighted by atomic mass is 10.1. The molecule has 0 fully saturated rings. The summed E-state index contributed by atoms with van der Waals surface area (Å²) in [6, 6.07) is 8.91. The highest BCUT2D eigenvalue weighted by Gasteiger charge is 2.30. The van der Waals surface area contributed by atoms with E-state index in [9.17, 15) is 22.8 Å². The fraction of sp³-hybridized carbons (Fsp3) is 0.158. The highest BCUT2D eigenvalue weighted by atomic mass is 19.4. The summed E-state index contributed by atoms with van der Waals surface area (Å²) in [6.45, 7) is -0.327. The molecule has 0 aliphatic rings. The Morgan fingerprint density at radius 1 is 1.15 bits per heavy atom. The molecule has 27 heavy (non-hydrogen) atoms. The van der Waals surface area contributed by atoms with Crippen molar-refractivity contribution in [3.8, 4) is 11.5 Å². The number of nitrogens with two attached hydrogens (primary N) is 1. The van der Waals surface area contributed by atoms with Gasteiger partial charge in [-0.3, -0.25) is 9.59 Å². The molecule has 2 rings (SSSR count). The van der Waals surface area contributed by atoms with E-state index in [0.29, 0.717) is 0 Å². The standard InChI is InChI=1S/C19H16F3NO4/c1-26-17-10-14(27-11-18(23)25)6-7-15(17)16(24)8-5-12-3-2-4-13(9-12)19(20,21)22/h2-10H,11H2,1H3,(H2,23,25)/b8-5+. The number of allylic oxidation sites excluding steroid dienone is 1. The van der Waals surface area contributed by atoms with E-state index in [1.165, 1.54) is 43.5 Å². The quantitative estimate of drug-likeness (QED) is 0.590. The third-order valence-electron chi connectivity index (χ3n) is 3.46. The number of carbonyl (C=O) groups excluding carboxylic acids is 2. The molecule has 2 N–H and O–H groups in total. The molecular formula is C19H16F3NO4. The molecule has 2 aromatic rings. The van der Waals surface area contributed by atoms with Crippen LogP contribution in [-0.2, 0) is 11.0 Å². The Hall–Kier alpha value is -3.29. The fourth-order valence-corrected chi connectivity index (χ4v) is 2.20. The van der Waals surface area contributed by atoms with Gasteiger partial charge in [-0.05, 0) is 35.9 Å². The van der Waals surface area contributed by atoms with Crippen LogP contribution in [0.2, 0.25) is 0 Å². The van der Waals surface area contributed by atoms with Gasteiger partial charge in [0.1, 0.15) is 11.5 Å². The number of benzene rings is 2. The number of alkyl halides is 3. The lowest BCUT2D eigenvalue weighted by Gasteiger charge is -2.09. The minimum absolute atomic E-state index is 0.187. The van der Waals surface area contributed by atoms with Gasteiger partial charge in [0, 0.05) is 6.07 Å². The van der Waals surface area contributed by atoms with Gasteiger partial charge >= 0.3 is 6.18 Å². The van der Waals surface area contributed by atoms with Gasteiger partial charge in [-0.15, -0.1) is 0 Å². The number of ether oxygens (including phenoxy) is 2. The summed E-state index contributed by atoms with van der Waals surface area (Å²) < 4.78 is 48.5. The number of amides is 1. The summed E-state index contributed by atoms with van der Waals surface area (Å²) in [7, 11) is 1.35. The molecule has 8 heteroatoms. The topological polar surface area (TPSA) is 78.6 Å². The van der Waals surface area contributed by atoms with E-state index < -0.39 is 23.4 Å². The number of halogens is 3. The maximum absolute atomic E-state index is 12.7. The van der Waals surface area contributed by atoms with Gasteiger partial charge in [-0.1, -0.05) is 18.2 Å². The Bertz CT molecular complexity index is 875. The van der Waals surface area contributed by atoms with Crippen LogP contribution in [0.5, 0.6) is 11.5 Å². The molecule has 0 saturated heterocycles. The molecule has 0 saturated carbocycles. The van der Waals surface area contributed by atoms with E-state index in [4.69, 9.17) is 15.2 Å². The second kappa shape index (κ2) is 8.39. The molecule has 0 atom stereocenters. The first-order valence-corrected chi connectivity index (χ1v) is 7.69. The largest absolute Gasteiger partial charge is 0.496 e. The van der Waals surface area contributed by atoms with Gasteiger partial charge < -0.3 is 15.2 Å². The van der Waals surface area contributed by atoms with Crippen LogP contribution in [0.25, 0.3) is 6.08 Å². The van der Waals surface area contributed by atoms with E-state index in [0.717, 1.165) is 18.2 Å². The summed E-state index contributed by atoms with van der Waals surface area (Å²) in [5, 5.41) is 0. The van der Waals surface area contributed by atoms with Gasteiger partial charge in [0.05, 0.1) is 18.2 Å². The van der Waals surface area contributed by atoms with Crippen LogP contribution in [0.1, 0.15) is 21.5 Å². The van der Waals surface area contributed by atoms with Crippen LogP contribution in [0, 0.1) is 0 Å². The maximum atomic E-state index is 12.7. The lowest BCUT2D eigenvalue weighted by Crippen LogP contribution is -2.20. The first kappa shape index (κ1) is 20.0. The van der Waals surface area contributed by atoms with Crippen molar-refractivity contribution in [2.45, 2.75) is 6.18 Å². The predicted octanol–water partition coefficient (Wildman–Crippen LogP) is 3.47. The van der Waals surface area contributed by atoms with Crippen LogP contribution in [-0.4, -0.2) is 25.4 Å². The molecule has 1 amide bonds. The second-order valence-corrected chi connectivity index (χ2v) is 5.44. The van der Waals surface area contributed by atoms with Gasteiger partial charge in [-0.25, -0.2) is 0 Å². The van der Waals surface area contributed by atoms with Gasteiger partial charge in [-0.2, -0.15) is 13.2 Å². The minimum Gasteiger partial charge on any atom is -0.496 e. The van der Waals surface area contributed by atoms with Gasteiger partial charge in [0.25, 0.3) is 5.91 Å². The first-order chi connectivity index (χ1) is 12.7. The number of hydrogen-bond acceptors (Lipinski definition) is 4. The monoisotopic (exact) mass is 379 g/mol. The average Bonchev–Trinajstić information content (AvgIpc) is 2.63. The lowest BCUT2D eigenvalue weighted by molar-refractivity contribution is -0.137. The normalized spacial score (nSPS) is 11.4. The van der Waals surface area contributed by atoms with E-state index in [2.05, 4.69) is 0 Å². The molecule has 0 aliphatic carbocycles. The number of carbonyl (C=O) groups is 2. The maximum Gasteiger partial charge on any atom is 0.416 e. The molecule has 0 bridgehead atoms. The van der Waals surface area contributed by atoms with Crippen molar-refractivity contribution in [1.29, 1.82) is 0 Å². The van der Waals surface area contributed by atoms with Gasteiger partial charge in [0.2, 0.25) is 0 Å². The van der Waals surface area contributed by atoms with E-state index in [-0.39, 0.29) is 29.2 Å². The summed E-state index contributed by atoms with van der Waals surface area (Å²) in [4.78, 5) is 23.1. The number of ketones is 1. The van der Waals surface area contributed by atoms with Crippen molar-refractivity contribution in [2.24, 2.45) is 5.73 Å². The molecule has 0 spiro atoms. The average molecular weight is 379 g/mol. The zero-order valence-corrected chi connectivity index (χ0v) is 14.2. The molecule has 5 nitrogen and oxygen atoms in total. The van der Waals surface area contributed by atoms with Crippen LogP contribution in [0.4, 0.5) is 13.2 Å². The minimum atomic E-state index is -4.46. The summed E-state index contributed by atoms with van der Waals surface area (Å²) in [5.41, 5.74) is 4.61. The summed E-state index contributed by atoms with van der Waals surface area (Å²) >= 11 is 0. The van der Waals surface area contributed by atoms with Crippen molar-refractivity contribution in [3.05, 3.63) is 65.2 Å². The fourth-order valence-electron chi connectivity index (χ4n) is 2.20. The molecule has 0 radical (unpaired) electrons. The van der Waals surface area contributed by atoms with Crippen LogP contribution in [0.15, 0.2) is 48.5 Å². The van der Waals surface area contributed by atoms with Crippen LogP contribution < -0.4 is 15.2 Å². The molecule has 2 aromatic carbocycles. The number of methoxy groups -OCH3 is 1. The zero-order chi connectivity index (χ0) is 20.0. The third-order valence-corrected chi connectivity index (χ3v) is 3.46. The molecular weight excluding hydrogens is 363 g/mol. The smallest absolute Gasteiger partial charge is 0.416 e. The van der Waals surface area contributed by atoms with Crippen molar-refractivity contribution < 1.29 is 32.2 Å². The Morgan fingerprint density at radius 3 is 2.52 bits per heavy atom. The number of hydrogen-bond donors (Lipinski definition) is 1. The van der Waals surface area contributed by atoms with Crippen molar-refractivity contribution in [2.75, 3.05) is 13.7 Å². The SMILES string of the molecule is COc1cc(OCC(N)=O)ccc1C(=O)/C=C/c1cccc(C(F)(F)F)c1. The van der Waals surface area contributed by atoms with Gasteiger partial charge in [0.15, 0.2) is 12.4 Å². The highest BCUT2D eigenvalue weighted by molar-refractivity contribution is 6.08.